The summed E-state index contributed by atoms with van der Waals surface area (Å²) in [7, 11) is 0. The van der Waals surface area contributed by atoms with Crippen LogP contribution in [0.25, 0.3) is 0 Å². The highest BCUT2D eigenvalue weighted by molar-refractivity contribution is 9.10. The van der Waals surface area contributed by atoms with Gasteiger partial charge in [0.15, 0.2) is 0 Å². The molecule has 3 heteroatoms. The van der Waals surface area contributed by atoms with E-state index >= 15 is 0 Å². The summed E-state index contributed by atoms with van der Waals surface area (Å²) in [4.78, 5) is 1.26. The molecular formula is C12H17BrOS. The molecule has 0 amide bonds. The van der Waals surface area contributed by atoms with Crippen LogP contribution in [0, 0.1) is 5.92 Å². The van der Waals surface area contributed by atoms with Gasteiger partial charge in [-0.15, -0.1) is 11.8 Å². The first-order valence-electron chi connectivity index (χ1n) is 5.15. The zero-order chi connectivity index (χ0) is 11.3. The van der Waals surface area contributed by atoms with Gasteiger partial charge in [-0.1, -0.05) is 35.8 Å². The van der Waals surface area contributed by atoms with Crippen LogP contribution in [0.3, 0.4) is 0 Å². The summed E-state index contributed by atoms with van der Waals surface area (Å²) in [5, 5.41) is 9.02. The third-order valence-electron chi connectivity index (χ3n) is 2.16. The molecule has 0 aliphatic rings. The summed E-state index contributed by atoms with van der Waals surface area (Å²) in [5.41, 5.74) is 0.947. The first kappa shape index (κ1) is 13.1. The number of benzene rings is 1. The average molecular weight is 289 g/mol. The Morgan fingerprint density at radius 2 is 2.13 bits per heavy atom. The van der Waals surface area contributed by atoms with Gasteiger partial charge in [0, 0.05) is 9.37 Å². The second kappa shape index (κ2) is 6.56. The minimum absolute atomic E-state index is 0.0948. The molecule has 0 unspecified atom stereocenters. The molecule has 1 N–H and O–H groups in total. The molecule has 0 aliphatic heterocycles. The zero-order valence-corrected chi connectivity index (χ0v) is 11.6. The molecule has 0 heterocycles. The van der Waals surface area contributed by atoms with Gasteiger partial charge in [0.2, 0.25) is 0 Å². The lowest BCUT2D eigenvalue weighted by Crippen LogP contribution is -1.90. The molecule has 15 heavy (non-hydrogen) atoms. The standard InChI is InChI=1S/C12H17BrOS/c1-9(2)5-6-15-11-4-3-10(8-14)12(13)7-11/h3-4,7,9,14H,5-6,8H2,1-2H3. The van der Waals surface area contributed by atoms with Crippen LogP contribution in [0.1, 0.15) is 25.8 Å². The number of aliphatic hydroxyl groups is 1. The highest BCUT2D eigenvalue weighted by Crippen LogP contribution is 2.26. The van der Waals surface area contributed by atoms with E-state index in [2.05, 4.69) is 41.9 Å². The molecule has 0 fully saturated rings. The maximum atomic E-state index is 9.02. The average Bonchev–Trinajstić information content (AvgIpc) is 2.17. The fourth-order valence-electron chi connectivity index (χ4n) is 1.16. The summed E-state index contributed by atoms with van der Waals surface area (Å²) in [6, 6.07) is 6.12. The Morgan fingerprint density at radius 3 is 2.67 bits per heavy atom. The molecule has 0 atom stereocenters. The largest absolute Gasteiger partial charge is 0.392 e. The number of hydrogen-bond donors (Lipinski definition) is 1. The van der Waals surface area contributed by atoms with Crippen LogP contribution in [0.5, 0.6) is 0 Å². The van der Waals surface area contributed by atoms with E-state index in [1.54, 1.807) is 0 Å². The second-order valence-corrected chi connectivity index (χ2v) is 5.96. The monoisotopic (exact) mass is 288 g/mol. The molecule has 0 saturated heterocycles. The van der Waals surface area contributed by atoms with Crippen molar-refractivity contribution in [2.24, 2.45) is 5.92 Å². The van der Waals surface area contributed by atoms with Crippen molar-refractivity contribution in [1.29, 1.82) is 0 Å². The normalized spacial score (nSPS) is 11.0. The second-order valence-electron chi connectivity index (χ2n) is 3.94. The van der Waals surface area contributed by atoms with E-state index in [0.717, 1.165) is 21.7 Å². The fraction of sp³-hybridized carbons (Fsp3) is 0.500. The third kappa shape index (κ3) is 4.58. The molecule has 1 nitrogen and oxygen atoms in total. The lowest BCUT2D eigenvalue weighted by Gasteiger charge is -2.06. The Labute approximate surface area is 104 Å². The van der Waals surface area contributed by atoms with Crippen molar-refractivity contribution in [2.45, 2.75) is 31.8 Å². The van der Waals surface area contributed by atoms with Gasteiger partial charge in [-0.3, -0.25) is 0 Å². The van der Waals surface area contributed by atoms with Gasteiger partial charge in [-0.25, -0.2) is 0 Å². The predicted molar refractivity (Wildman–Crippen MR) is 70.2 cm³/mol. The van der Waals surface area contributed by atoms with Crippen molar-refractivity contribution in [3.05, 3.63) is 28.2 Å². The van der Waals surface area contributed by atoms with E-state index in [0.29, 0.717) is 0 Å². The van der Waals surface area contributed by atoms with Gasteiger partial charge in [-0.05, 0) is 35.8 Å². The van der Waals surface area contributed by atoms with Crippen LogP contribution in [-0.4, -0.2) is 10.9 Å². The number of rotatable bonds is 5. The summed E-state index contributed by atoms with van der Waals surface area (Å²) in [6.07, 6.45) is 1.24. The van der Waals surface area contributed by atoms with Crippen molar-refractivity contribution in [1.82, 2.24) is 0 Å². The summed E-state index contributed by atoms with van der Waals surface area (Å²) in [6.45, 7) is 4.58. The maximum Gasteiger partial charge on any atom is 0.0692 e. The van der Waals surface area contributed by atoms with Crippen molar-refractivity contribution < 1.29 is 5.11 Å². The fourth-order valence-corrected chi connectivity index (χ4v) is 3.00. The molecule has 0 aliphatic carbocycles. The van der Waals surface area contributed by atoms with Gasteiger partial charge in [0.25, 0.3) is 0 Å². The van der Waals surface area contributed by atoms with Gasteiger partial charge in [0.05, 0.1) is 6.61 Å². The van der Waals surface area contributed by atoms with E-state index < -0.39 is 0 Å². The Bertz CT molecular complexity index is 312. The Morgan fingerprint density at radius 1 is 1.40 bits per heavy atom. The van der Waals surface area contributed by atoms with E-state index in [1.165, 1.54) is 11.3 Å². The molecule has 1 rings (SSSR count). The SMILES string of the molecule is CC(C)CCSc1ccc(CO)c(Br)c1. The van der Waals surface area contributed by atoms with Crippen LogP contribution >= 0.6 is 27.7 Å². The predicted octanol–water partition coefficient (Wildman–Crippen LogP) is 4.08. The number of hydrogen-bond acceptors (Lipinski definition) is 2. The molecule has 0 saturated carbocycles. The summed E-state index contributed by atoms with van der Waals surface area (Å²) >= 11 is 5.33. The molecule has 0 bridgehead atoms. The number of halogens is 1. The van der Waals surface area contributed by atoms with Crippen molar-refractivity contribution >= 4 is 27.7 Å². The number of aliphatic hydroxyl groups excluding tert-OH is 1. The van der Waals surface area contributed by atoms with Gasteiger partial charge in [0.1, 0.15) is 0 Å². The lowest BCUT2D eigenvalue weighted by molar-refractivity contribution is 0.281. The lowest BCUT2D eigenvalue weighted by atomic mass is 10.2. The van der Waals surface area contributed by atoms with Crippen LogP contribution in [0.15, 0.2) is 27.6 Å². The molecule has 84 valence electrons. The van der Waals surface area contributed by atoms with Gasteiger partial charge in [-0.2, -0.15) is 0 Å². The minimum atomic E-state index is 0.0948. The Balaban J connectivity index is 2.52. The summed E-state index contributed by atoms with van der Waals surface area (Å²) < 4.78 is 1.000. The third-order valence-corrected chi connectivity index (χ3v) is 3.92. The highest BCUT2D eigenvalue weighted by Gasteiger charge is 2.01. The van der Waals surface area contributed by atoms with Crippen molar-refractivity contribution in [3.8, 4) is 0 Å². The van der Waals surface area contributed by atoms with E-state index in [9.17, 15) is 0 Å². The van der Waals surface area contributed by atoms with E-state index in [1.807, 2.05) is 17.8 Å². The quantitative estimate of drug-likeness (QED) is 0.824. The van der Waals surface area contributed by atoms with E-state index in [4.69, 9.17) is 5.11 Å². The molecule has 0 aromatic heterocycles. The molecular weight excluding hydrogens is 272 g/mol. The summed E-state index contributed by atoms with van der Waals surface area (Å²) in [5.74, 6) is 1.92. The molecule has 0 spiro atoms. The van der Waals surface area contributed by atoms with Gasteiger partial charge < -0.3 is 5.11 Å². The highest BCUT2D eigenvalue weighted by atomic mass is 79.9. The first-order valence-corrected chi connectivity index (χ1v) is 6.93. The maximum absolute atomic E-state index is 9.02. The zero-order valence-electron chi connectivity index (χ0n) is 9.16. The topological polar surface area (TPSA) is 20.2 Å². The van der Waals surface area contributed by atoms with Gasteiger partial charge >= 0.3 is 0 Å². The molecule has 1 aromatic rings. The first-order chi connectivity index (χ1) is 7.13. The number of thioether (sulfide) groups is 1. The van der Waals surface area contributed by atoms with E-state index in [-0.39, 0.29) is 6.61 Å². The Hall–Kier alpha value is 0.01000. The van der Waals surface area contributed by atoms with Crippen LogP contribution < -0.4 is 0 Å². The van der Waals surface area contributed by atoms with Crippen molar-refractivity contribution in [3.63, 3.8) is 0 Å². The van der Waals surface area contributed by atoms with Crippen LogP contribution in [0.2, 0.25) is 0 Å². The molecule has 1 aromatic carbocycles. The minimum Gasteiger partial charge on any atom is -0.392 e. The molecule has 0 radical (unpaired) electrons. The smallest absolute Gasteiger partial charge is 0.0692 e. The Kier molecular flexibility index (Phi) is 5.72. The van der Waals surface area contributed by atoms with Crippen LogP contribution in [0.4, 0.5) is 0 Å². The van der Waals surface area contributed by atoms with Crippen LogP contribution in [-0.2, 0) is 6.61 Å². The van der Waals surface area contributed by atoms with Crippen molar-refractivity contribution in [2.75, 3.05) is 5.75 Å².